The van der Waals surface area contributed by atoms with E-state index >= 15 is 0 Å². The molecule has 1 aliphatic heterocycles. The van der Waals surface area contributed by atoms with Gasteiger partial charge in [0.05, 0.1) is 5.69 Å². The molecular weight excluding hydrogens is 291 g/mol. The molecule has 1 aliphatic rings. The normalized spacial score (nSPS) is 17.5. The summed E-state index contributed by atoms with van der Waals surface area (Å²) >= 11 is 0. The Labute approximate surface area is 133 Å². The lowest BCUT2D eigenvalue weighted by atomic mass is 9.96. The Hall–Kier alpha value is -2.53. The third-order valence-electron chi connectivity index (χ3n) is 4.33. The number of halogens is 1. The molecule has 4 rings (SSSR count). The Morgan fingerprint density at radius 1 is 1.04 bits per heavy atom. The lowest BCUT2D eigenvalue weighted by Crippen LogP contribution is -2.14. The van der Waals surface area contributed by atoms with Crippen LogP contribution in [0.4, 0.5) is 4.39 Å². The Bertz CT molecular complexity index is 790. The summed E-state index contributed by atoms with van der Waals surface area (Å²) < 4.78 is 13.2. The highest BCUT2D eigenvalue weighted by molar-refractivity contribution is 5.82. The van der Waals surface area contributed by atoms with Gasteiger partial charge in [-0.2, -0.15) is 5.10 Å². The second-order valence-corrected chi connectivity index (χ2v) is 5.81. The molecule has 3 N–H and O–H groups in total. The quantitative estimate of drug-likeness (QED) is 0.781. The van der Waals surface area contributed by atoms with Crippen LogP contribution >= 0.6 is 0 Å². The predicted molar refractivity (Wildman–Crippen MR) is 86.0 cm³/mol. The maximum Gasteiger partial charge on any atom is 0.167 e. The van der Waals surface area contributed by atoms with Crippen LogP contribution in [-0.2, 0) is 0 Å². The molecule has 0 saturated carbocycles. The van der Waals surface area contributed by atoms with Crippen molar-refractivity contribution in [3.05, 3.63) is 60.3 Å². The van der Waals surface area contributed by atoms with Gasteiger partial charge in [0.2, 0.25) is 0 Å². The van der Waals surface area contributed by atoms with Crippen LogP contribution in [0, 0.1) is 5.82 Å². The van der Waals surface area contributed by atoms with Crippen molar-refractivity contribution in [2.75, 3.05) is 6.54 Å². The summed E-state index contributed by atoms with van der Waals surface area (Å²) in [5.74, 6) is -0.238. The third-order valence-corrected chi connectivity index (χ3v) is 4.33. The second-order valence-electron chi connectivity index (χ2n) is 5.81. The summed E-state index contributed by atoms with van der Waals surface area (Å²) in [7, 11) is 0. The molecule has 1 atom stereocenters. The third kappa shape index (κ3) is 2.64. The number of aromatic amines is 2. The van der Waals surface area contributed by atoms with E-state index in [1.807, 2.05) is 24.5 Å². The first kappa shape index (κ1) is 14.1. The van der Waals surface area contributed by atoms with Crippen molar-refractivity contribution in [3.63, 3.8) is 0 Å². The fourth-order valence-corrected chi connectivity index (χ4v) is 3.20. The molecule has 2 aromatic heterocycles. The molecule has 3 heterocycles. The molecule has 0 spiro atoms. The van der Waals surface area contributed by atoms with E-state index in [0.717, 1.165) is 47.5 Å². The largest absolute Gasteiger partial charge is 0.309 e. The number of hydrogen-bond acceptors (Lipinski definition) is 2. The molecule has 0 amide bonds. The van der Waals surface area contributed by atoms with Crippen LogP contribution in [0.15, 0.2) is 48.8 Å². The fraction of sp³-hybridized carbons (Fsp3) is 0.222. The summed E-state index contributed by atoms with van der Waals surface area (Å²) in [5, 5.41) is 11.3. The van der Waals surface area contributed by atoms with Gasteiger partial charge in [0.1, 0.15) is 11.5 Å². The zero-order valence-corrected chi connectivity index (χ0v) is 12.6. The number of rotatable bonds is 3. The highest BCUT2D eigenvalue weighted by Crippen LogP contribution is 2.37. The van der Waals surface area contributed by atoms with Gasteiger partial charge in [0.15, 0.2) is 12.4 Å². The average molecular weight is 309 g/mol. The van der Waals surface area contributed by atoms with Crippen LogP contribution in [-0.4, -0.2) is 16.7 Å². The number of benzene rings is 1. The SMILES string of the molecule is Fc1ccc(-c2n[nH]c([C@H]3CCCN3)c2-c2cc[nH+]cc2)cc1. The Balaban J connectivity index is 1.87. The molecule has 1 fully saturated rings. The monoisotopic (exact) mass is 309 g/mol. The van der Waals surface area contributed by atoms with E-state index in [4.69, 9.17) is 0 Å². The Kier molecular flexibility index (Phi) is 3.63. The molecule has 5 heteroatoms. The van der Waals surface area contributed by atoms with Gasteiger partial charge in [-0.25, -0.2) is 9.37 Å². The molecule has 1 saturated heterocycles. The van der Waals surface area contributed by atoms with Gasteiger partial charge in [-0.05, 0) is 49.2 Å². The van der Waals surface area contributed by atoms with Gasteiger partial charge in [-0.3, -0.25) is 5.10 Å². The molecule has 0 aliphatic carbocycles. The number of nitrogens with zero attached hydrogens (tertiary/aromatic N) is 1. The molecule has 0 unspecified atom stereocenters. The molecule has 4 nitrogen and oxygen atoms in total. The number of hydrogen-bond donors (Lipinski definition) is 2. The number of aromatic nitrogens is 3. The summed E-state index contributed by atoms with van der Waals surface area (Å²) in [6, 6.07) is 10.9. The van der Waals surface area contributed by atoms with E-state index in [2.05, 4.69) is 20.5 Å². The lowest BCUT2D eigenvalue weighted by Gasteiger charge is -2.11. The van der Waals surface area contributed by atoms with Gasteiger partial charge >= 0.3 is 0 Å². The number of H-pyrrole nitrogens is 2. The van der Waals surface area contributed by atoms with Crippen LogP contribution in [0.25, 0.3) is 22.4 Å². The zero-order chi connectivity index (χ0) is 15.6. The maximum absolute atomic E-state index is 13.2. The van der Waals surface area contributed by atoms with Crippen molar-refractivity contribution < 1.29 is 9.37 Å². The highest BCUT2D eigenvalue weighted by atomic mass is 19.1. The van der Waals surface area contributed by atoms with E-state index in [-0.39, 0.29) is 11.9 Å². The topological polar surface area (TPSA) is 54.9 Å². The van der Waals surface area contributed by atoms with Gasteiger partial charge < -0.3 is 5.32 Å². The van der Waals surface area contributed by atoms with Gasteiger partial charge in [0.25, 0.3) is 0 Å². The zero-order valence-electron chi connectivity index (χ0n) is 12.6. The second kappa shape index (κ2) is 5.93. The molecule has 23 heavy (non-hydrogen) atoms. The predicted octanol–water partition coefficient (Wildman–Crippen LogP) is 3.12. The van der Waals surface area contributed by atoms with E-state index in [1.165, 1.54) is 12.1 Å². The van der Waals surface area contributed by atoms with Crippen LogP contribution in [0.2, 0.25) is 0 Å². The van der Waals surface area contributed by atoms with Crippen LogP contribution in [0.5, 0.6) is 0 Å². The van der Waals surface area contributed by atoms with E-state index in [9.17, 15) is 4.39 Å². The van der Waals surface area contributed by atoms with Crippen molar-refractivity contribution in [1.82, 2.24) is 15.5 Å². The molecule has 116 valence electrons. The number of nitrogens with one attached hydrogen (secondary N) is 3. The van der Waals surface area contributed by atoms with E-state index < -0.39 is 0 Å². The van der Waals surface area contributed by atoms with E-state index in [1.54, 1.807) is 12.1 Å². The summed E-state index contributed by atoms with van der Waals surface area (Å²) in [5.41, 5.74) is 5.06. The standard InChI is InChI=1S/C18H17FN4/c19-14-5-3-13(4-6-14)17-16(12-7-10-20-11-8-12)18(23-22-17)15-2-1-9-21-15/h3-8,10-11,15,21H,1-2,9H2,(H,22,23)/p+1/t15-/m1/s1. The molecular formula is C18H18FN4+. The van der Waals surface area contributed by atoms with Crippen LogP contribution in [0.1, 0.15) is 24.6 Å². The Morgan fingerprint density at radius 2 is 1.83 bits per heavy atom. The van der Waals surface area contributed by atoms with E-state index in [0.29, 0.717) is 0 Å². The van der Waals surface area contributed by atoms with Crippen molar-refractivity contribution in [3.8, 4) is 22.4 Å². The smallest absolute Gasteiger partial charge is 0.167 e. The average Bonchev–Trinajstić information content (AvgIpc) is 3.25. The molecule has 3 aromatic rings. The number of pyridine rings is 1. The van der Waals surface area contributed by atoms with Crippen molar-refractivity contribution in [2.24, 2.45) is 0 Å². The fourth-order valence-electron chi connectivity index (χ4n) is 3.20. The first-order valence-corrected chi connectivity index (χ1v) is 7.87. The van der Waals surface area contributed by atoms with Gasteiger partial charge in [0, 0.05) is 29.3 Å². The van der Waals surface area contributed by atoms with Crippen molar-refractivity contribution >= 4 is 0 Å². The van der Waals surface area contributed by atoms with Crippen molar-refractivity contribution in [1.29, 1.82) is 0 Å². The van der Waals surface area contributed by atoms with Crippen LogP contribution in [0.3, 0.4) is 0 Å². The van der Waals surface area contributed by atoms with Crippen LogP contribution < -0.4 is 10.3 Å². The maximum atomic E-state index is 13.2. The molecule has 0 bridgehead atoms. The summed E-state index contributed by atoms with van der Waals surface area (Å²) in [6.07, 6.45) is 6.07. The first-order valence-electron chi connectivity index (χ1n) is 7.87. The lowest BCUT2D eigenvalue weighted by molar-refractivity contribution is -0.377. The first-order chi connectivity index (χ1) is 11.3. The summed E-state index contributed by atoms with van der Waals surface area (Å²) in [6.45, 7) is 1.03. The minimum atomic E-state index is -0.238. The minimum Gasteiger partial charge on any atom is -0.309 e. The van der Waals surface area contributed by atoms with Crippen molar-refractivity contribution in [2.45, 2.75) is 18.9 Å². The Morgan fingerprint density at radius 3 is 2.52 bits per heavy atom. The molecule has 0 radical (unpaired) electrons. The minimum absolute atomic E-state index is 0.238. The molecule has 1 aromatic carbocycles. The van der Waals surface area contributed by atoms with Gasteiger partial charge in [-0.1, -0.05) is 0 Å². The van der Waals surface area contributed by atoms with Gasteiger partial charge in [-0.15, -0.1) is 0 Å². The highest BCUT2D eigenvalue weighted by Gasteiger charge is 2.25. The summed E-state index contributed by atoms with van der Waals surface area (Å²) in [4.78, 5) is 3.05.